The highest BCUT2D eigenvalue weighted by Gasteiger charge is 2.15. The first-order valence-corrected chi connectivity index (χ1v) is 8.31. The monoisotopic (exact) mass is 440 g/mol. The van der Waals surface area contributed by atoms with E-state index in [0.717, 1.165) is 38.5 Å². The van der Waals surface area contributed by atoms with Crippen molar-refractivity contribution in [1.82, 2.24) is 9.55 Å². The number of nitrogens with two attached hydrogens (primary N) is 1. The second-order valence-electron chi connectivity index (χ2n) is 6.52. The quantitative estimate of drug-likeness (QED) is 0.472. The van der Waals surface area contributed by atoms with Crippen molar-refractivity contribution in [3.8, 4) is 0 Å². The van der Waals surface area contributed by atoms with Gasteiger partial charge in [0.15, 0.2) is 0 Å². The summed E-state index contributed by atoms with van der Waals surface area (Å²) in [6.07, 6.45) is 0. The number of hydrogen-bond donors (Lipinski definition) is 2. The molecule has 0 saturated carbocycles. The Morgan fingerprint density at radius 1 is 1.11 bits per heavy atom. The van der Waals surface area contributed by atoms with Gasteiger partial charge in [-0.3, -0.25) is 4.79 Å². The van der Waals surface area contributed by atoms with Gasteiger partial charge < -0.3 is 15.6 Å². The van der Waals surface area contributed by atoms with Crippen molar-refractivity contribution in [1.29, 1.82) is 0 Å². The third-order valence-electron chi connectivity index (χ3n) is 4.76. The van der Waals surface area contributed by atoms with Gasteiger partial charge in [0.25, 0.3) is 0 Å². The van der Waals surface area contributed by atoms with Crippen LogP contribution < -0.4 is 11.1 Å². The molecule has 0 spiro atoms. The first kappa shape index (κ1) is 24.0. The lowest BCUT2D eigenvalue weighted by Gasteiger charge is -2.08. The predicted octanol–water partition coefficient (Wildman–Crippen LogP) is 4.74. The lowest BCUT2D eigenvalue weighted by atomic mass is 10.0. The van der Waals surface area contributed by atoms with Crippen LogP contribution in [0, 0.1) is 6.92 Å². The number of hydrogen-bond acceptors (Lipinski definition) is 3. The molecule has 2 heterocycles. The number of nitrogens with one attached hydrogen (secondary N) is 1. The summed E-state index contributed by atoms with van der Waals surface area (Å²) in [5.74, 6) is -0.195. The molecule has 0 aliphatic carbocycles. The van der Waals surface area contributed by atoms with Crippen LogP contribution >= 0.6 is 37.2 Å². The topological polar surface area (TPSA) is 72.9 Å². The molecule has 5 nitrogen and oxygen atoms in total. The molecule has 2 aromatic heterocycles. The number of halogens is 3. The van der Waals surface area contributed by atoms with Crippen LogP contribution in [0.1, 0.15) is 12.5 Å². The van der Waals surface area contributed by atoms with E-state index in [0.29, 0.717) is 0 Å². The summed E-state index contributed by atoms with van der Waals surface area (Å²) in [4.78, 5) is 16.8. The average Bonchev–Trinajstić information content (AvgIpc) is 2.87. The number of anilines is 1. The predicted molar refractivity (Wildman–Crippen MR) is 124 cm³/mol. The van der Waals surface area contributed by atoms with Gasteiger partial charge in [-0.1, -0.05) is 18.2 Å². The molecule has 3 N–H and O–H groups in total. The van der Waals surface area contributed by atoms with Gasteiger partial charge in [-0.15, -0.1) is 37.2 Å². The number of nitrogens with zero attached hydrogens (tertiary/aromatic N) is 2. The van der Waals surface area contributed by atoms with Crippen LogP contribution in [0.2, 0.25) is 0 Å². The van der Waals surface area contributed by atoms with Crippen LogP contribution in [0.3, 0.4) is 0 Å². The summed E-state index contributed by atoms with van der Waals surface area (Å²) in [5.41, 5.74) is 10.6. The van der Waals surface area contributed by atoms with Crippen LogP contribution in [0.5, 0.6) is 0 Å². The molecule has 0 saturated heterocycles. The van der Waals surface area contributed by atoms with E-state index >= 15 is 0 Å². The largest absolute Gasteiger partial charge is 0.328 e. The van der Waals surface area contributed by atoms with Crippen molar-refractivity contribution >= 4 is 81.7 Å². The summed E-state index contributed by atoms with van der Waals surface area (Å²) >= 11 is 0. The number of carbonyl (C=O) groups is 1. The average molecular weight is 442 g/mol. The first-order chi connectivity index (χ1) is 12.0. The molecule has 0 aliphatic heterocycles. The molecule has 4 aromatic rings. The zero-order valence-corrected chi connectivity index (χ0v) is 18.2. The van der Waals surface area contributed by atoms with Gasteiger partial charge in [0.2, 0.25) is 5.91 Å². The van der Waals surface area contributed by atoms with Gasteiger partial charge in [0, 0.05) is 28.9 Å². The van der Waals surface area contributed by atoms with Crippen molar-refractivity contribution in [3.63, 3.8) is 0 Å². The Kier molecular flexibility index (Phi) is 7.68. The molecular formula is C20H23Cl3N4O. The molecule has 4 rings (SSSR count). The summed E-state index contributed by atoms with van der Waals surface area (Å²) in [5, 5.41) is 6.21. The Balaban J connectivity index is 0.00000131. The first-order valence-electron chi connectivity index (χ1n) is 8.31. The Bertz CT molecular complexity index is 1150. The molecule has 1 atom stereocenters. The molecule has 28 heavy (non-hydrogen) atoms. The van der Waals surface area contributed by atoms with E-state index in [1.165, 1.54) is 5.56 Å². The number of amides is 1. The molecular weight excluding hydrogens is 419 g/mol. The maximum absolute atomic E-state index is 11.9. The minimum atomic E-state index is -0.546. The van der Waals surface area contributed by atoms with E-state index in [1.807, 2.05) is 43.4 Å². The lowest BCUT2D eigenvalue weighted by Crippen LogP contribution is -2.32. The van der Waals surface area contributed by atoms with Crippen molar-refractivity contribution < 1.29 is 4.79 Å². The number of carbonyl (C=O) groups excluding carboxylic acids is 1. The minimum Gasteiger partial charge on any atom is -0.328 e. The zero-order chi connectivity index (χ0) is 17.7. The Morgan fingerprint density at radius 3 is 2.46 bits per heavy atom. The molecule has 0 unspecified atom stereocenters. The fourth-order valence-electron chi connectivity index (χ4n) is 3.40. The summed E-state index contributed by atoms with van der Waals surface area (Å²) < 4.78 is 2.10. The van der Waals surface area contributed by atoms with Crippen molar-refractivity contribution in [3.05, 3.63) is 48.0 Å². The van der Waals surface area contributed by atoms with Gasteiger partial charge in [-0.2, -0.15) is 0 Å². The van der Waals surface area contributed by atoms with Crippen molar-refractivity contribution in [2.45, 2.75) is 19.9 Å². The van der Waals surface area contributed by atoms with E-state index in [4.69, 9.17) is 10.7 Å². The van der Waals surface area contributed by atoms with Crippen molar-refractivity contribution in [2.75, 3.05) is 5.32 Å². The molecule has 0 aliphatic rings. The van der Waals surface area contributed by atoms with E-state index in [-0.39, 0.29) is 43.1 Å². The van der Waals surface area contributed by atoms with Gasteiger partial charge in [-0.05, 0) is 43.7 Å². The number of pyridine rings is 1. The summed E-state index contributed by atoms with van der Waals surface area (Å²) in [7, 11) is 2.02. The normalized spacial score (nSPS) is 11.4. The SMILES string of the molecule is Cc1c2ccccc2nc2c1c1cc(NC(=O)[C@H](C)N)ccc1n2C.Cl.Cl.Cl. The highest BCUT2D eigenvalue weighted by Crippen LogP contribution is 2.34. The number of aromatic nitrogens is 2. The second kappa shape index (κ2) is 8.97. The highest BCUT2D eigenvalue weighted by molar-refractivity contribution is 6.13. The molecule has 1 amide bonds. The maximum Gasteiger partial charge on any atom is 0.240 e. The Labute approximate surface area is 181 Å². The molecule has 0 bridgehead atoms. The van der Waals surface area contributed by atoms with Crippen LogP contribution in [0.25, 0.3) is 32.8 Å². The van der Waals surface area contributed by atoms with Crippen LogP contribution in [-0.4, -0.2) is 21.5 Å². The van der Waals surface area contributed by atoms with E-state index in [9.17, 15) is 4.79 Å². The van der Waals surface area contributed by atoms with Crippen LogP contribution in [-0.2, 0) is 11.8 Å². The smallest absolute Gasteiger partial charge is 0.240 e. The molecule has 0 fully saturated rings. The number of benzene rings is 2. The van der Waals surface area contributed by atoms with Gasteiger partial charge in [0.05, 0.1) is 17.1 Å². The van der Waals surface area contributed by atoms with Gasteiger partial charge in [0.1, 0.15) is 5.65 Å². The maximum atomic E-state index is 11.9. The Morgan fingerprint density at radius 2 is 1.79 bits per heavy atom. The number of rotatable bonds is 2. The lowest BCUT2D eigenvalue weighted by molar-refractivity contribution is -0.117. The number of aryl methyl sites for hydroxylation is 2. The van der Waals surface area contributed by atoms with Gasteiger partial charge in [-0.25, -0.2) is 4.98 Å². The third kappa shape index (κ3) is 3.76. The molecule has 2 aromatic carbocycles. The molecule has 0 radical (unpaired) electrons. The second-order valence-corrected chi connectivity index (χ2v) is 6.52. The number of para-hydroxylation sites is 1. The minimum absolute atomic E-state index is 0. The van der Waals surface area contributed by atoms with Crippen molar-refractivity contribution in [2.24, 2.45) is 12.8 Å². The Hall–Kier alpha value is -2.05. The molecule has 150 valence electrons. The third-order valence-corrected chi connectivity index (χ3v) is 4.76. The van der Waals surface area contributed by atoms with Gasteiger partial charge >= 0.3 is 0 Å². The van der Waals surface area contributed by atoms with E-state index < -0.39 is 6.04 Å². The van der Waals surface area contributed by atoms with E-state index in [2.05, 4.69) is 22.9 Å². The zero-order valence-electron chi connectivity index (χ0n) is 15.7. The number of fused-ring (bicyclic) bond motifs is 4. The highest BCUT2D eigenvalue weighted by atomic mass is 35.5. The van der Waals surface area contributed by atoms with Crippen LogP contribution in [0.15, 0.2) is 42.5 Å². The summed E-state index contributed by atoms with van der Waals surface area (Å²) in [6, 6.07) is 13.5. The standard InChI is InChI=1S/C20H20N4O.3ClH/c1-11-14-6-4-5-7-16(14)23-19-18(11)15-10-13(22-20(25)12(2)21)8-9-17(15)24(19)3;;;/h4-10,12H,21H2,1-3H3,(H,22,25);3*1H/t12-;;;/m0.../s1. The fourth-order valence-corrected chi connectivity index (χ4v) is 3.40. The van der Waals surface area contributed by atoms with E-state index in [1.54, 1.807) is 6.92 Å². The van der Waals surface area contributed by atoms with Crippen LogP contribution in [0.4, 0.5) is 5.69 Å². The summed E-state index contributed by atoms with van der Waals surface area (Å²) in [6.45, 7) is 3.80. The fraction of sp³-hybridized carbons (Fsp3) is 0.200. The molecule has 8 heteroatoms.